The van der Waals surface area contributed by atoms with Gasteiger partial charge in [-0.05, 0) is 57.7 Å². The van der Waals surface area contributed by atoms with Gasteiger partial charge in [-0.15, -0.1) is 0 Å². The molecule has 0 radical (unpaired) electrons. The van der Waals surface area contributed by atoms with E-state index in [4.69, 9.17) is 10.5 Å². The van der Waals surface area contributed by atoms with Gasteiger partial charge in [-0.1, -0.05) is 6.07 Å². The molecule has 0 aliphatic heterocycles. The zero-order chi connectivity index (χ0) is 17.7. The van der Waals surface area contributed by atoms with Crippen LogP contribution >= 0.6 is 0 Å². The Hall–Kier alpha value is -1.76. The van der Waals surface area contributed by atoms with Gasteiger partial charge in [-0.3, -0.25) is 0 Å². The fourth-order valence-electron chi connectivity index (χ4n) is 1.96. The SMILES string of the molecule is CC(C)(C)NC(=O)OCCCCc1ccc(S(C)(=O)=O)cc1N. The minimum Gasteiger partial charge on any atom is -0.450 e. The zero-order valence-electron chi connectivity index (χ0n) is 14.2. The highest BCUT2D eigenvalue weighted by Gasteiger charge is 2.14. The standard InChI is InChI=1S/C16H26N2O4S/c1-16(2,3)18-15(19)22-10-6-5-7-12-8-9-13(11-14(12)17)23(4,20)21/h8-9,11H,5-7,10,17H2,1-4H3,(H,18,19). The van der Waals surface area contributed by atoms with Crippen LogP contribution in [0.15, 0.2) is 23.1 Å². The van der Waals surface area contributed by atoms with E-state index in [1.807, 2.05) is 20.8 Å². The third-order valence-electron chi connectivity index (χ3n) is 3.10. The number of nitrogens with one attached hydrogen (secondary N) is 1. The maximum Gasteiger partial charge on any atom is 0.407 e. The Labute approximate surface area is 138 Å². The lowest BCUT2D eigenvalue weighted by Gasteiger charge is -2.19. The lowest BCUT2D eigenvalue weighted by atomic mass is 10.1. The normalized spacial score (nSPS) is 12.0. The second kappa shape index (κ2) is 7.68. The van der Waals surface area contributed by atoms with E-state index < -0.39 is 15.9 Å². The fraction of sp³-hybridized carbons (Fsp3) is 0.562. The number of hydrogen-bond acceptors (Lipinski definition) is 5. The van der Waals surface area contributed by atoms with Gasteiger partial charge in [-0.2, -0.15) is 0 Å². The van der Waals surface area contributed by atoms with E-state index in [1.54, 1.807) is 12.1 Å². The van der Waals surface area contributed by atoms with Gasteiger partial charge in [-0.25, -0.2) is 13.2 Å². The number of ether oxygens (including phenoxy) is 1. The number of nitrogens with two attached hydrogens (primary N) is 1. The lowest BCUT2D eigenvalue weighted by molar-refractivity contribution is 0.135. The molecule has 23 heavy (non-hydrogen) atoms. The number of nitrogen functional groups attached to an aromatic ring is 1. The van der Waals surface area contributed by atoms with Crippen molar-refractivity contribution in [2.75, 3.05) is 18.6 Å². The first-order valence-corrected chi connectivity index (χ1v) is 9.41. The summed E-state index contributed by atoms with van der Waals surface area (Å²) in [7, 11) is -3.24. The maximum atomic E-state index is 11.5. The Balaban J connectivity index is 2.38. The molecule has 0 fully saturated rings. The van der Waals surface area contributed by atoms with Gasteiger partial charge in [0.15, 0.2) is 9.84 Å². The molecule has 0 bridgehead atoms. The van der Waals surface area contributed by atoms with E-state index in [1.165, 1.54) is 6.07 Å². The number of rotatable bonds is 6. The van der Waals surface area contributed by atoms with Crippen LogP contribution in [0.1, 0.15) is 39.2 Å². The fourth-order valence-corrected chi connectivity index (χ4v) is 2.61. The summed E-state index contributed by atoms with van der Waals surface area (Å²) in [5.74, 6) is 0. The number of unbranched alkanes of at least 4 members (excludes halogenated alkanes) is 1. The van der Waals surface area contributed by atoms with Crippen molar-refractivity contribution in [2.24, 2.45) is 0 Å². The number of carbonyl (C=O) groups is 1. The summed E-state index contributed by atoms with van der Waals surface area (Å²) in [6.07, 6.45) is 2.95. The molecular weight excluding hydrogens is 316 g/mol. The topological polar surface area (TPSA) is 98.5 Å². The molecule has 0 aliphatic carbocycles. The summed E-state index contributed by atoms with van der Waals surface area (Å²) in [4.78, 5) is 11.7. The van der Waals surface area contributed by atoms with E-state index in [2.05, 4.69) is 5.32 Å². The molecule has 0 spiro atoms. The summed E-state index contributed by atoms with van der Waals surface area (Å²) in [5, 5.41) is 2.72. The molecule has 0 saturated carbocycles. The molecule has 7 heteroatoms. The summed E-state index contributed by atoms with van der Waals surface area (Å²) in [6.45, 7) is 5.99. The predicted molar refractivity (Wildman–Crippen MR) is 91.1 cm³/mol. The summed E-state index contributed by atoms with van der Waals surface area (Å²) >= 11 is 0. The molecule has 0 aliphatic rings. The Kier molecular flexibility index (Phi) is 6.44. The first-order valence-electron chi connectivity index (χ1n) is 7.52. The van der Waals surface area contributed by atoms with Crippen LogP contribution in [0.25, 0.3) is 0 Å². The number of aryl methyl sites for hydroxylation is 1. The smallest absolute Gasteiger partial charge is 0.407 e. The first kappa shape index (κ1) is 19.3. The van der Waals surface area contributed by atoms with Crippen molar-refractivity contribution >= 4 is 21.6 Å². The summed E-state index contributed by atoms with van der Waals surface area (Å²) < 4.78 is 28.0. The van der Waals surface area contributed by atoms with Crippen LogP contribution in [-0.4, -0.2) is 32.9 Å². The van der Waals surface area contributed by atoms with Crippen LogP contribution in [0.3, 0.4) is 0 Å². The molecular formula is C16H26N2O4S. The number of amides is 1. The Morgan fingerprint density at radius 2 is 1.91 bits per heavy atom. The van der Waals surface area contributed by atoms with Crippen molar-refractivity contribution in [3.63, 3.8) is 0 Å². The van der Waals surface area contributed by atoms with Crippen molar-refractivity contribution < 1.29 is 17.9 Å². The molecule has 1 aromatic carbocycles. The van der Waals surface area contributed by atoms with E-state index in [0.717, 1.165) is 18.2 Å². The molecule has 0 saturated heterocycles. The van der Waals surface area contributed by atoms with Crippen LogP contribution < -0.4 is 11.1 Å². The van der Waals surface area contributed by atoms with Crippen LogP contribution in [0.2, 0.25) is 0 Å². The van der Waals surface area contributed by atoms with Gasteiger partial charge in [0.05, 0.1) is 11.5 Å². The average molecular weight is 342 g/mol. The second-order valence-electron chi connectivity index (χ2n) is 6.60. The van der Waals surface area contributed by atoms with Gasteiger partial charge in [0, 0.05) is 17.5 Å². The number of sulfone groups is 1. The monoisotopic (exact) mass is 342 g/mol. The predicted octanol–water partition coefficient (Wildman–Crippen LogP) is 2.52. The Morgan fingerprint density at radius 3 is 2.43 bits per heavy atom. The molecule has 0 heterocycles. The van der Waals surface area contributed by atoms with Crippen LogP contribution in [0.5, 0.6) is 0 Å². The zero-order valence-corrected chi connectivity index (χ0v) is 15.0. The maximum absolute atomic E-state index is 11.5. The molecule has 1 amide bonds. The lowest BCUT2D eigenvalue weighted by Crippen LogP contribution is -2.41. The van der Waals surface area contributed by atoms with Crippen LogP contribution in [0.4, 0.5) is 10.5 Å². The number of alkyl carbamates (subject to hydrolysis) is 1. The van der Waals surface area contributed by atoms with Gasteiger partial charge in [0.1, 0.15) is 0 Å². The Morgan fingerprint density at radius 1 is 1.26 bits per heavy atom. The van der Waals surface area contributed by atoms with Crippen molar-refractivity contribution in [1.29, 1.82) is 0 Å². The Bertz CT molecular complexity index is 649. The molecule has 1 rings (SSSR count). The largest absolute Gasteiger partial charge is 0.450 e. The molecule has 1 aromatic rings. The molecule has 6 nitrogen and oxygen atoms in total. The molecule has 0 atom stereocenters. The van der Waals surface area contributed by atoms with Gasteiger partial charge in [0.25, 0.3) is 0 Å². The van der Waals surface area contributed by atoms with Crippen LogP contribution in [0, 0.1) is 0 Å². The van der Waals surface area contributed by atoms with Crippen molar-refractivity contribution in [1.82, 2.24) is 5.32 Å². The van der Waals surface area contributed by atoms with Crippen molar-refractivity contribution in [2.45, 2.75) is 50.5 Å². The molecule has 130 valence electrons. The van der Waals surface area contributed by atoms with Gasteiger partial charge >= 0.3 is 6.09 Å². The number of hydrogen-bond donors (Lipinski definition) is 2. The summed E-state index contributed by atoms with van der Waals surface area (Å²) in [6, 6.07) is 4.78. The van der Waals surface area contributed by atoms with E-state index in [-0.39, 0.29) is 10.4 Å². The third kappa shape index (κ3) is 7.36. The van der Waals surface area contributed by atoms with E-state index in [9.17, 15) is 13.2 Å². The highest BCUT2D eigenvalue weighted by atomic mass is 32.2. The van der Waals surface area contributed by atoms with Crippen molar-refractivity contribution in [3.05, 3.63) is 23.8 Å². The van der Waals surface area contributed by atoms with E-state index in [0.29, 0.717) is 25.1 Å². The minimum absolute atomic E-state index is 0.223. The van der Waals surface area contributed by atoms with Crippen LogP contribution in [-0.2, 0) is 21.0 Å². The van der Waals surface area contributed by atoms with Gasteiger partial charge in [0.2, 0.25) is 0 Å². The number of benzene rings is 1. The molecule has 0 unspecified atom stereocenters. The van der Waals surface area contributed by atoms with E-state index >= 15 is 0 Å². The average Bonchev–Trinajstić information content (AvgIpc) is 2.36. The third-order valence-corrected chi connectivity index (χ3v) is 4.21. The quantitative estimate of drug-likeness (QED) is 0.611. The summed E-state index contributed by atoms with van der Waals surface area (Å²) in [5.41, 5.74) is 6.95. The second-order valence-corrected chi connectivity index (χ2v) is 8.62. The van der Waals surface area contributed by atoms with Crippen molar-refractivity contribution in [3.8, 4) is 0 Å². The minimum atomic E-state index is -3.24. The first-order chi connectivity index (χ1) is 10.5. The number of anilines is 1. The highest BCUT2D eigenvalue weighted by Crippen LogP contribution is 2.19. The van der Waals surface area contributed by atoms with Gasteiger partial charge < -0.3 is 15.8 Å². The highest BCUT2D eigenvalue weighted by molar-refractivity contribution is 7.90. The molecule has 0 aromatic heterocycles. The molecule has 3 N–H and O–H groups in total. The number of carbonyl (C=O) groups excluding carboxylic acids is 1.